The van der Waals surface area contributed by atoms with Gasteiger partial charge in [0.1, 0.15) is 0 Å². The van der Waals surface area contributed by atoms with Crippen LogP contribution in [-0.4, -0.2) is 80.6 Å². The second kappa shape index (κ2) is 11.2. The van der Waals surface area contributed by atoms with Crippen LogP contribution in [0.2, 0.25) is 0 Å². The van der Waals surface area contributed by atoms with E-state index in [0.29, 0.717) is 26.4 Å². The van der Waals surface area contributed by atoms with E-state index in [4.69, 9.17) is 22.4 Å². The summed E-state index contributed by atoms with van der Waals surface area (Å²) in [4.78, 5) is 0. The smallest absolute Gasteiger partial charge is 0.246 e. The minimum Gasteiger partial charge on any atom is -0.416 e. The lowest BCUT2D eigenvalue weighted by molar-refractivity contribution is -0.0105. The molecule has 0 saturated heterocycles. The molecule has 2 atom stereocenters. The first-order valence-electron chi connectivity index (χ1n) is 4.08. The first kappa shape index (κ1) is 15.7. The van der Waals surface area contributed by atoms with Crippen LogP contribution >= 0.6 is 0 Å². The highest BCUT2D eigenvalue weighted by molar-refractivity contribution is 5.99. The molecule has 15 heavy (non-hydrogen) atoms. The third-order valence-electron chi connectivity index (χ3n) is 1.48. The largest absolute Gasteiger partial charge is 0.416 e. The summed E-state index contributed by atoms with van der Waals surface area (Å²) in [7, 11) is 11.6. The first-order valence-corrected chi connectivity index (χ1v) is 5.71. The Hall–Kier alpha value is 0.668. The van der Waals surface area contributed by atoms with Gasteiger partial charge in [0.25, 0.3) is 0 Å². The molecule has 9 heteroatoms. The summed E-state index contributed by atoms with van der Waals surface area (Å²) in [5, 5.41) is 0. The molecule has 2 unspecified atom stereocenters. The van der Waals surface area contributed by atoms with Crippen molar-refractivity contribution in [2.24, 2.45) is 0 Å². The molecule has 0 spiro atoms. The fourth-order valence-electron chi connectivity index (χ4n) is 0.749. The van der Waals surface area contributed by atoms with E-state index >= 15 is 0 Å². The summed E-state index contributed by atoms with van der Waals surface area (Å²) >= 11 is 0. The van der Waals surface area contributed by atoms with E-state index in [1.165, 1.54) is 0 Å². The SMILES string of the molecule is [Si]OCC(COCC(CO[Si])O[Si])O[Si]. The van der Waals surface area contributed by atoms with Gasteiger partial charge in [-0.25, -0.2) is 0 Å². The molecule has 0 fully saturated rings. The van der Waals surface area contributed by atoms with Gasteiger partial charge in [-0.2, -0.15) is 0 Å². The quantitative estimate of drug-likeness (QED) is 0.437. The predicted octanol–water partition coefficient (Wildman–Crippen LogP) is -1.86. The Bertz CT molecular complexity index is 127. The van der Waals surface area contributed by atoms with Crippen molar-refractivity contribution < 1.29 is 22.4 Å². The van der Waals surface area contributed by atoms with Crippen molar-refractivity contribution in [3.8, 4) is 0 Å². The van der Waals surface area contributed by atoms with Gasteiger partial charge in [0.15, 0.2) is 0 Å². The zero-order chi connectivity index (χ0) is 11.5. The van der Waals surface area contributed by atoms with Crippen molar-refractivity contribution in [3.05, 3.63) is 0 Å². The molecule has 0 aromatic heterocycles. The number of rotatable bonds is 10. The molecule has 0 aromatic rings. The van der Waals surface area contributed by atoms with Crippen LogP contribution in [-0.2, 0) is 22.4 Å². The van der Waals surface area contributed by atoms with Gasteiger partial charge in [0.2, 0.25) is 41.9 Å². The number of hydrogen-bond donors (Lipinski definition) is 0. The normalized spacial score (nSPS) is 15.2. The van der Waals surface area contributed by atoms with Crippen molar-refractivity contribution in [3.63, 3.8) is 0 Å². The maximum absolute atomic E-state index is 5.33. The van der Waals surface area contributed by atoms with Crippen LogP contribution in [0, 0.1) is 0 Å². The zero-order valence-electron chi connectivity index (χ0n) is 8.02. The predicted molar refractivity (Wildman–Crippen MR) is 55.5 cm³/mol. The summed E-state index contributed by atoms with van der Waals surface area (Å²) in [5.74, 6) is 0. The lowest BCUT2D eigenvalue weighted by Crippen LogP contribution is -2.29. The van der Waals surface area contributed by atoms with Gasteiger partial charge in [0, 0.05) is 0 Å². The molecule has 0 heterocycles. The summed E-state index contributed by atoms with van der Waals surface area (Å²) in [6.07, 6.45) is -0.391. The van der Waals surface area contributed by atoms with Crippen LogP contribution in [0.25, 0.3) is 0 Å². The molecule has 0 amide bonds. The number of hydrogen-bond acceptors (Lipinski definition) is 5. The molecule has 0 saturated carbocycles. The summed E-state index contributed by atoms with van der Waals surface area (Å²) in [6.45, 7) is 1.49. The van der Waals surface area contributed by atoms with E-state index in [1.54, 1.807) is 0 Å². The second-order valence-corrected chi connectivity index (χ2v) is 3.69. The van der Waals surface area contributed by atoms with Crippen molar-refractivity contribution >= 4 is 41.9 Å². The van der Waals surface area contributed by atoms with E-state index in [0.717, 1.165) is 0 Å². The van der Waals surface area contributed by atoms with Crippen LogP contribution in [0.3, 0.4) is 0 Å². The van der Waals surface area contributed by atoms with Gasteiger partial charge < -0.3 is 22.4 Å². The Balaban J connectivity index is 3.55. The Labute approximate surface area is 103 Å². The van der Waals surface area contributed by atoms with Crippen molar-refractivity contribution in [1.82, 2.24) is 0 Å². The molecular formula is C6H10O5Si4. The van der Waals surface area contributed by atoms with Gasteiger partial charge in [-0.1, -0.05) is 0 Å². The van der Waals surface area contributed by atoms with Crippen LogP contribution in [0.5, 0.6) is 0 Å². The van der Waals surface area contributed by atoms with Crippen LogP contribution in [0.15, 0.2) is 0 Å². The lowest BCUT2D eigenvalue weighted by atomic mass is 10.4. The van der Waals surface area contributed by atoms with Crippen molar-refractivity contribution in [1.29, 1.82) is 0 Å². The van der Waals surface area contributed by atoms with E-state index in [2.05, 4.69) is 41.9 Å². The van der Waals surface area contributed by atoms with Gasteiger partial charge in [0.05, 0.1) is 38.6 Å². The molecular weight excluding hydrogens is 264 g/mol. The molecule has 0 aliphatic rings. The van der Waals surface area contributed by atoms with Gasteiger partial charge >= 0.3 is 0 Å². The van der Waals surface area contributed by atoms with Gasteiger partial charge in [-0.15, -0.1) is 0 Å². The molecule has 0 aromatic carbocycles. The van der Waals surface area contributed by atoms with E-state index in [9.17, 15) is 0 Å². The van der Waals surface area contributed by atoms with E-state index in [1.807, 2.05) is 0 Å². The topological polar surface area (TPSA) is 46.2 Å². The highest BCUT2D eigenvalue weighted by Crippen LogP contribution is 1.96. The molecule has 12 radical (unpaired) electrons. The lowest BCUT2D eigenvalue weighted by Gasteiger charge is -2.18. The molecule has 0 aliphatic carbocycles. The Morgan fingerprint density at radius 1 is 0.667 bits per heavy atom. The van der Waals surface area contributed by atoms with Crippen molar-refractivity contribution in [2.45, 2.75) is 12.2 Å². The Kier molecular flexibility index (Phi) is 11.7. The maximum Gasteiger partial charge on any atom is 0.246 e. The van der Waals surface area contributed by atoms with Gasteiger partial charge in [-0.05, 0) is 0 Å². The fraction of sp³-hybridized carbons (Fsp3) is 1.00. The highest BCUT2D eigenvalue weighted by atomic mass is 28.2. The Morgan fingerprint density at radius 3 is 1.33 bits per heavy atom. The van der Waals surface area contributed by atoms with E-state index < -0.39 is 0 Å². The zero-order valence-corrected chi connectivity index (χ0v) is 12.0. The molecule has 5 nitrogen and oxygen atoms in total. The van der Waals surface area contributed by atoms with Gasteiger partial charge in [-0.3, -0.25) is 0 Å². The first-order chi connectivity index (χ1) is 7.28. The minimum absolute atomic E-state index is 0.195. The fourth-order valence-corrected chi connectivity index (χ4v) is 1.39. The van der Waals surface area contributed by atoms with Crippen LogP contribution in [0.4, 0.5) is 0 Å². The minimum atomic E-state index is -0.195. The average molecular weight is 274 g/mol. The van der Waals surface area contributed by atoms with Crippen LogP contribution in [0.1, 0.15) is 0 Å². The molecule has 0 rings (SSSR count). The molecule has 0 N–H and O–H groups in total. The molecule has 0 aliphatic heterocycles. The highest BCUT2D eigenvalue weighted by Gasteiger charge is 2.10. The third-order valence-corrected chi connectivity index (χ3v) is 2.48. The average Bonchev–Trinajstić information content (AvgIpc) is 2.26. The number of ether oxygens (including phenoxy) is 1. The monoisotopic (exact) mass is 274 g/mol. The maximum atomic E-state index is 5.33. The van der Waals surface area contributed by atoms with E-state index in [-0.39, 0.29) is 12.2 Å². The summed E-state index contributed by atoms with van der Waals surface area (Å²) in [5.41, 5.74) is 0. The van der Waals surface area contributed by atoms with Crippen LogP contribution < -0.4 is 0 Å². The third kappa shape index (κ3) is 8.47. The summed E-state index contributed by atoms with van der Waals surface area (Å²) < 4.78 is 24.6. The van der Waals surface area contributed by atoms with Crippen molar-refractivity contribution in [2.75, 3.05) is 26.4 Å². The summed E-state index contributed by atoms with van der Waals surface area (Å²) in [6, 6.07) is 0. The molecule has 0 bridgehead atoms. The molecule has 80 valence electrons. The Morgan fingerprint density at radius 2 is 1.07 bits per heavy atom. The second-order valence-electron chi connectivity index (χ2n) is 2.64. The standard InChI is InChI=1S/C6H10O5Si4/c12-8-3-5(10-14)1-7-2-6(11-15)4-9-13/h5-6H,1-4H2.